The maximum absolute atomic E-state index is 12.3. The molecule has 19 heavy (non-hydrogen) atoms. The number of ether oxygens (including phenoxy) is 1. The van der Waals surface area contributed by atoms with Crippen molar-refractivity contribution in [1.82, 2.24) is 0 Å². The van der Waals surface area contributed by atoms with Crippen LogP contribution in [0.15, 0.2) is 36.4 Å². The Balaban J connectivity index is 2.50. The van der Waals surface area contributed by atoms with Crippen molar-refractivity contribution in [2.45, 2.75) is 19.2 Å². The highest BCUT2D eigenvalue weighted by Gasteiger charge is 2.29. The molecule has 2 nitrogen and oxygen atoms in total. The van der Waals surface area contributed by atoms with Crippen molar-refractivity contribution in [3.05, 3.63) is 42.0 Å². The van der Waals surface area contributed by atoms with Gasteiger partial charge in [0, 0.05) is 10.9 Å². The van der Waals surface area contributed by atoms with Gasteiger partial charge in [0.25, 0.3) is 0 Å². The highest BCUT2D eigenvalue weighted by Crippen LogP contribution is 2.34. The fraction of sp³-hybridized carbons (Fsp3) is 0.286. The van der Waals surface area contributed by atoms with E-state index in [9.17, 15) is 18.3 Å². The molecule has 1 unspecified atom stereocenters. The highest BCUT2D eigenvalue weighted by atomic mass is 19.4. The summed E-state index contributed by atoms with van der Waals surface area (Å²) >= 11 is 0. The molecule has 0 saturated carbocycles. The average molecular weight is 270 g/mol. The summed E-state index contributed by atoms with van der Waals surface area (Å²) in [4.78, 5) is 0. The van der Waals surface area contributed by atoms with Crippen LogP contribution in [-0.2, 0) is 0 Å². The van der Waals surface area contributed by atoms with Crippen LogP contribution in [0.25, 0.3) is 10.8 Å². The number of fused-ring (bicyclic) bond motifs is 1. The van der Waals surface area contributed by atoms with E-state index in [0.717, 1.165) is 5.39 Å². The first-order valence-electron chi connectivity index (χ1n) is 5.78. The summed E-state index contributed by atoms with van der Waals surface area (Å²) < 4.78 is 41.8. The standard InChI is InChI=1S/C14H13F3O2/c1-9(18)11-7-6-10-4-2-3-5-12(10)13(11)19-8-14(15,16)17/h2-7,9,18H,8H2,1H3. The Morgan fingerprint density at radius 1 is 1.16 bits per heavy atom. The molecule has 0 aliphatic heterocycles. The molecule has 0 amide bonds. The Kier molecular flexibility index (Phi) is 3.66. The van der Waals surface area contributed by atoms with Gasteiger partial charge in [-0.1, -0.05) is 36.4 Å². The van der Waals surface area contributed by atoms with E-state index in [0.29, 0.717) is 10.9 Å². The second kappa shape index (κ2) is 5.09. The number of alkyl halides is 3. The predicted molar refractivity (Wildman–Crippen MR) is 66.1 cm³/mol. The molecule has 0 spiro atoms. The maximum Gasteiger partial charge on any atom is 0.422 e. The van der Waals surface area contributed by atoms with E-state index in [2.05, 4.69) is 0 Å². The number of hydrogen-bond acceptors (Lipinski definition) is 2. The van der Waals surface area contributed by atoms with E-state index < -0.39 is 18.9 Å². The molecule has 0 radical (unpaired) electrons. The fourth-order valence-corrected chi connectivity index (χ4v) is 1.90. The van der Waals surface area contributed by atoms with E-state index in [4.69, 9.17) is 4.74 Å². The normalized spacial score (nSPS) is 13.5. The molecule has 2 aromatic carbocycles. The third-order valence-electron chi connectivity index (χ3n) is 2.74. The molecular formula is C14H13F3O2. The van der Waals surface area contributed by atoms with Crippen molar-refractivity contribution in [3.8, 4) is 5.75 Å². The van der Waals surface area contributed by atoms with Crippen molar-refractivity contribution >= 4 is 10.8 Å². The van der Waals surface area contributed by atoms with Gasteiger partial charge in [-0.15, -0.1) is 0 Å². The molecule has 1 atom stereocenters. The lowest BCUT2D eigenvalue weighted by Crippen LogP contribution is -2.20. The van der Waals surface area contributed by atoms with Gasteiger partial charge in [-0.3, -0.25) is 0 Å². The van der Waals surface area contributed by atoms with E-state index in [1.165, 1.54) is 6.92 Å². The van der Waals surface area contributed by atoms with E-state index >= 15 is 0 Å². The maximum atomic E-state index is 12.3. The van der Waals surface area contributed by atoms with Crippen LogP contribution in [0.2, 0.25) is 0 Å². The molecule has 0 bridgehead atoms. The van der Waals surface area contributed by atoms with Gasteiger partial charge >= 0.3 is 6.18 Å². The van der Waals surface area contributed by atoms with Crippen LogP contribution in [0, 0.1) is 0 Å². The van der Waals surface area contributed by atoms with Gasteiger partial charge in [-0.05, 0) is 12.3 Å². The topological polar surface area (TPSA) is 29.5 Å². The zero-order valence-corrected chi connectivity index (χ0v) is 10.2. The lowest BCUT2D eigenvalue weighted by atomic mass is 10.0. The summed E-state index contributed by atoms with van der Waals surface area (Å²) in [5.41, 5.74) is 0.350. The van der Waals surface area contributed by atoms with Gasteiger partial charge in [-0.25, -0.2) is 0 Å². The SMILES string of the molecule is CC(O)c1ccc2ccccc2c1OCC(F)(F)F. The van der Waals surface area contributed by atoms with Gasteiger partial charge in [0.15, 0.2) is 6.61 Å². The van der Waals surface area contributed by atoms with Crippen LogP contribution >= 0.6 is 0 Å². The van der Waals surface area contributed by atoms with Crippen molar-refractivity contribution < 1.29 is 23.0 Å². The van der Waals surface area contributed by atoms with E-state index in [1.807, 2.05) is 0 Å². The molecule has 0 fully saturated rings. The molecule has 2 rings (SSSR count). The number of aliphatic hydroxyl groups excluding tert-OH is 1. The number of aliphatic hydroxyl groups is 1. The summed E-state index contributed by atoms with van der Waals surface area (Å²) in [6.45, 7) is 0.116. The van der Waals surface area contributed by atoms with Gasteiger partial charge in [0.05, 0.1) is 6.10 Å². The monoisotopic (exact) mass is 270 g/mol. The molecule has 0 heterocycles. The van der Waals surface area contributed by atoms with Crippen molar-refractivity contribution in [2.24, 2.45) is 0 Å². The molecule has 0 aliphatic carbocycles. The van der Waals surface area contributed by atoms with Gasteiger partial charge < -0.3 is 9.84 Å². The average Bonchev–Trinajstić information content (AvgIpc) is 2.34. The Bertz CT molecular complexity index is 576. The van der Waals surface area contributed by atoms with E-state index in [1.54, 1.807) is 36.4 Å². The van der Waals surface area contributed by atoms with Crippen LogP contribution in [0.1, 0.15) is 18.6 Å². The Morgan fingerprint density at radius 2 is 1.84 bits per heavy atom. The zero-order valence-electron chi connectivity index (χ0n) is 10.2. The zero-order chi connectivity index (χ0) is 14.0. The second-order valence-corrected chi connectivity index (χ2v) is 4.28. The second-order valence-electron chi connectivity index (χ2n) is 4.28. The predicted octanol–water partition coefficient (Wildman–Crippen LogP) is 3.83. The molecule has 1 N–H and O–H groups in total. The number of rotatable bonds is 3. The molecule has 0 aromatic heterocycles. The lowest BCUT2D eigenvalue weighted by Gasteiger charge is -2.17. The van der Waals surface area contributed by atoms with Crippen LogP contribution < -0.4 is 4.74 Å². The summed E-state index contributed by atoms with van der Waals surface area (Å²) in [7, 11) is 0. The Morgan fingerprint density at radius 3 is 2.47 bits per heavy atom. The first-order valence-corrected chi connectivity index (χ1v) is 5.78. The summed E-state index contributed by atoms with van der Waals surface area (Å²) in [5, 5.41) is 11.0. The summed E-state index contributed by atoms with van der Waals surface area (Å²) in [5.74, 6) is 0.0884. The minimum atomic E-state index is -4.41. The third-order valence-corrected chi connectivity index (χ3v) is 2.74. The minimum Gasteiger partial charge on any atom is -0.483 e. The first-order chi connectivity index (χ1) is 8.88. The molecular weight excluding hydrogens is 257 g/mol. The molecule has 0 aliphatic rings. The van der Waals surface area contributed by atoms with Crippen molar-refractivity contribution in [2.75, 3.05) is 6.61 Å². The smallest absolute Gasteiger partial charge is 0.422 e. The molecule has 102 valence electrons. The number of benzene rings is 2. The fourth-order valence-electron chi connectivity index (χ4n) is 1.90. The van der Waals surface area contributed by atoms with Crippen LogP contribution in [-0.4, -0.2) is 17.9 Å². The minimum absolute atomic E-state index is 0.0884. The largest absolute Gasteiger partial charge is 0.483 e. The summed E-state index contributed by atoms with van der Waals surface area (Å²) in [6.07, 6.45) is -5.31. The Labute approximate surface area is 108 Å². The first kappa shape index (κ1) is 13.7. The van der Waals surface area contributed by atoms with Gasteiger partial charge in [-0.2, -0.15) is 13.2 Å². The highest BCUT2D eigenvalue weighted by molar-refractivity contribution is 5.89. The number of halogens is 3. The number of hydrogen-bond donors (Lipinski definition) is 1. The lowest BCUT2D eigenvalue weighted by molar-refractivity contribution is -0.153. The quantitative estimate of drug-likeness (QED) is 0.918. The van der Waals surface area contributed by atoms with E-state index in [-0.39, 0.29) is 5.75 Å². The third kappa shape index (κ3) is 3.17. The van der Waals surface area contributed by atoms with Crippen molar-refractivity contribution in [1.29, 1.82) is 0 Å². The van der Waals surface area contributed by atoms with Crippen LogP contribution in [0.3, 0.4) is 0 Å². The summed E-state index contributed by atoms with van der Waals surface area (Å²) in [6, 6.07) is 10.3. The van der Waals surface area contributed by atoms with Gasteiger partial charge in [0.2, 0.25) is 0 Å². The molecule has 0 saturated heterocycles. The van der Waals surface area contributed by atoms with Crippen molar-refractivity contribution in [3.63, 3.8) is 0 Å². The van der Waals surface area contributed by atoms with Crippen LogP contribution in [0.5, 0.6) is 5.75 Å². The molecule has 5 heteroatoms. The van der Waals surface area contributed by atoms with Gasteiger partial charge in [0.1, 0.15) is 5.75 Å². The van der Waals surface area contributed by atoms with Crippen LogP contribution in [0.4, 0.5) is 13.2 Å². The Hall–Kier alpha value is -1.75. The molecule has 2 aromatic rings.